The van der Waals surface area contributed by atoms with Crippen LogP contribution in [-0.2, 0) is 0 Å². The molecule has 0 radical (unpaired) electrons. The van der Waals surface area contributed by atoms with Crippen LogP contribution in [-0.4, -0.2) is 60.6 Å². The zero-order valence-electron chi connectivity index (χ0n) is 14.2. The van der Waals surface area contributed by atoms with Crippen LogP contribution in [0.25, 0.3) is 0 Å². The fraction of sp³-hybridized carbons (Fsp3) is 1.00. The van der Waals surface area contributed by atoms with Crippen LogP contribution in [0.1, 0.15) is 58.8 Å². The van der Waals surface area contributed by atoms with Crippen LogP contribution in [0.3, 0.4) is 0 Å². The highest BCUT2D eigenvalue weighted by Gasteiger charge is 2.36. The molecule has 2 saturated heterocycles. The lowest BCUT2D eigenvalue weighted by Crippen LogP contribution is -2.57. The van der Waals surface area contributed by atoms with Crippen LogP contribution in [0.5, 0.6) is 0 Å². The van der Waals surface area contributed by atoms with Crippen LogP contribution >= 0.6 is 0 Å². The maximum absolute atomic E-state index is 3.79. The predicted molar refractivity (Wildman–Crippen MR) is 89.7 cm³/mol. The van der Waals surface area contributed by atoms with Gasteiger partial charge in [0.2, 0.25) is 0 Å². The van der Waals surface area contributed by atoms with E-state index in [2.05, 4.69) is 29.0 Å². The third-order valence-electron chi connectivity index (χ3n) is 6.16. The molecule has 3 nitrogen and oxygen atoms in total. The van der Waals surface area contributed by atoms with Gasteiger partial charge in [-0.2, -0.15) is 0 Å². The van der Waals surface area contributed by atoms with Crippen LogP contribution in [0.15, 0.2) is 0 Å². The Balaban J connectivity index is 1.60. The van der Waals surface area contributed by atoms with E-state index in [4.69, 9.17) is 0 Å². The molecule has 3 rings (SSSR count). The summed E-state index contributed by atoms with van der Waals surface area (Å²) in [4.78, 5) is 5.57. The Labute approximate surface area is 131 Å². The molecule has 0 spiro atoms. The summed E-state index contributed by atoms with van der Waals surface area (Å²) >= 11 is 0. The monoisotopic (exact) mass is 293 g/mol. The minimum absolute atomic E-state index is 0.755. The second-order valence-corrected chi connectivity index (χ2v) is 7.66. The van der Waals surface area contributed by atoms with Crippen molar-refractivity contribution < 1.29 is 0 Å². The highest BCUT2D eigenvalue weighted by molar-refractivity contribution is 4.92. The fourth-order valence-corrected chi connectivity index (χ4v) is 4.94. The van der Waals surface area contributed by atoms with Gasteiger partial charge < -0.3 is 5.32 Å². The summed E-state index contributed by atoms with van der Waals surface area (Å²) in [5.74, 6) is 0.878. The van der Waals surface area contributed by atoms with E-state index >= 15 is 0 Å². The van der Waals surface area contributed by atoms with Gasteiger partial charge in [0.1, 0.15) is 0 Å². The molecule has 2 heterocycles. The smallest absolute Gasteiger partial charge is 0.0224 e. The third-order valence-corrected chi connectivity index (χ3v) is 6.16. The summed E-state index contributed by atoms with van der Waals surface area (Å²) in [6, 6.07) is 2.39. The Kier molecular flexibility index (Phi) is 5.58. The molecule has 1 aliphatic carbocycles. The minimum atomic E-state index is 0.755. The first-order chi connectivity index (χ1) is 10.3. The lowest BCUT2D eigenvalue weighted by atomic mass is 9.92. The summed E-state index contributed by atoms with van der Waals surface area (Å²) in [6.45, 7) is 11.2. The average molecular weight is 293 g/mol. The molecule has 0 bridgehead atoms. The second kappa shape index (κ2) is 7.43. The lowest BCUT2D eigenvalue weighted by Gasteiger charge is -2.44. The van der Waals surface area contributed by atoms with Crippen molar-refractivity contribution in [3.63, 3.8) is 0 Å². The number of rotatable bonds is 4. The molecule has 0 aromatic heterocycles. The number of hydrogen-bond acceptors (Lipinski definition) is 3. The van der Waals surface area contributed by atoms with E-state index in [1.807, 2.05) is 0 Å². The van der Waals surface area contributed by atoms with Gasteiger partial charge in [-0.05, 0) is 51.6 Å². The zero-order chi connectivity index (χ0) is 14.7. The van der Waals surface area contributed by atoms with Gasteiger partial charge in [0, 0.05) is 37.8 Å². The van der Waals surface area contributed by atoms with Crippen LogP contribution in [0.4, 0.5) is 0 Å². The number of fused-ring (bicyclic) bond motifs is 1. The Hall–Kier alpha value is -0.120. The van der Waals surface area contributed by atoms with E-state index in [-0.39, 0.29) is 0 Å². The SMILES string of the molecule is CCNC1CCCCCC1CN1CC2CCCN2CC1C. The Morgan fingerprint density at radius 3 is 2.71 bits per heavy atom. The molecular formula is C18H35N3. The molecule has 1 N–H and O–H groups in total. The summed E-state index contributed by atoms with van der Waals surface area (Å²) in [6.07, 6.45) is 10.0. The highest BCUT2D eigenvalue weighted by Crippen LogP contribution is 2.29. The first-order valence-corrected chi connectivity index (χ1v) is 9.49. The van der Waals surface area contributed by atoms with Gasteiger partial charge in [-0.3, -0.25) is 9.80 Å². The van der Waals surface area contributed by atoms with Crippen molar-refractivity contribution in [3.05, 3.63) is 0 Å². The molecule has 4 atom stereocenters. The van der Waals surface area contributed by atoms with Gasteiger partial charge in [-0.15, -0.1) is 0 Å². The summed E-state index contributed by atoms with van der Waals surface area (Å²) in [7, 11) is 0. The highest BCUT2D eigenvalue weighted by atomic mass is 15.3. The van der Waals surface area contributed by atoms with Crippen LogP contribution in [0.2, 0.25) is 0 Å². The largest absolute Gasteiger partial charge is 0.314 e. The first-order valence-electron chi connectivity index (χ1n) is 9.49. The van der Waals surface area contributed by atoms with Crippen molar-refractivity contribution in [3.8, 4) is 0 Å². The van der Waals surface area contributed by atoms with Gasteiger partial charge in [-0.25, -0.2) is 0 Å². The standard InChI is InChI=1S/C18H35N3/c1-3-19-18-10-6-4-5-8-16(18)13-21-14-17-9-7-11-20(17)12-15(21)2/h15-19H,3-14H2,1-2H3. The van der Waals surface area contributed by atoms with Crippen molar-refractivity contribution >= 4 is 0 Å². The van der Waals surface area contributed by atoms with E-state index in [0.29, 0.717) is 0 Å². The molecule has 0 aromatic rings. The summed E-state index contributed by atoms with van der Waals surface area (Å²) in [5.41, 5.74) is 0. The van der Waals surface area contributed by atoms with Gasteiger partial charge in [0.05, 0.1) is 0 Å². The van der Waals surface area contributed by atoms with Crippen molar-refractivity contribution in [2.45, 2.75) is 76.9 Å². The van der Waals surface area contributed by atoms with Crippen molar-refractivity contribution in [2.24, 2.45) is 5.92 Å². The van der Waals surface area contributed by atoms with Crippen molar-refractivity contribution in [1.29, 1.82) is 0 Å². The van der Waals surface area contributed by atoms with Gasteiger partial charge in [0.25, 0.3) is 0 Å². The van der Waals surface area contributed by atoms with Gasteiger partial charge in [0.15, 0.2) is 0 Å². The molecule has 2 aliphatic heterocycles. The van der Waals surface area contributed by atoms with E-state index < -0.39 is 0 Å². The minimum Gasteiger partial charge on any atom is -0.314 e. The number of hydrogen-bond donors (Lipinski definition) is 1. The molecular weight excluding hydrogens is 258 g/mol. The van der Waals surface area contributed by atoms with Crippen LogP contribution < -0.4 is 5.32 Å². The lowest BCUT2D eigenvalue weighted by molar-refractivity contribution is 0.0422. The molecule has 122 valence electrons. The molecule has 0 amide bonds. The summed E-state index contributed by atoms with van der Waals surface area (Å²) < 4.78 is 0. The Bertz CT molecular complexity index is 320. The molecule has 4 unspecified atom stereocenters. The quantitative estimate of drug-likeness (QED) is 0.804. The van der Waals surface area contributed by atoms with Crippen LogP contribution in [0, 0.1) is 5.92 Å². The maximum atomic E-state index is 3.79. The van der Waals surface area contributed by atoms with Crippen molar-refractivity contribution in [2.75, 3.05) is 32.7 Å². The Morgan fingerprint density at radius 2 is 1.86 bits per heavy atom. The zero-order valence-corrected chi connectivity index (χ0v) is 14.2. The average Bonchev–Trinajstić information content (AvgIpc) is 2.80. The molecule has 3 fully saturated rings. The molecule has 21 heavy (non-hydrogen) atoms. The van der Waals surface area contributed by atoms with Gasteiger partial charge in [-0.1, -0.05) is 26.2 Å². The number of piperazine rings is 1. The molecule has 3 aliphatic rings. The van der Waals surface area contributed by atoms with E-state index in [1.54, 1.807) is 0 Å². The van der Waals surface area contributed by atoms with E-state index in [0.717, 1.165) is 30.6 Å². The summed E-state index contributed by atoms with van der Waals surface area (Å²) in [5, 5.41) is 3.79. The first kappa shape index (κ1) is 15.8. The molecule has 0 aromatic carbocycles. The number of nitrogens with one attached hydrogen (secondary N) is 1. The van der Waals surface area contributed by atoms with Crippen molar-refractivity contribution in [1.82, 2.24) is 15.1 Å². The maximum Gasteiger partial charge on any atom is 0.0224 e. The van der Waals surface area contributed by atoms with Gasteiger partial charge >= 0.3 is 0 Å². The molecule has 3 heteroatoms. The predicted octanol–water partition coefficient (Wildman–Crippen LogP) is 2.71. The second-order valence-electron chi connectivity index (χ2n) is 7.66. The molecule has 1 saturated carbocycles. The van der Waals surface area contributed by atoms with E-state index in [9.17, 15) is 0 Å². The number of nitrogens with zero attached hydrogens (tertiary/aromatic N) is 2. The third kappa shape index (κ3) is 3.80. The normalized spacial score (nSPS) is 39.1. The fourth-order valence-electron chi connectivity index (χ4n) is 4.94. The van der Waals surface area contributed by atoms with E-state index in [1.165, 1.54) is 71.1 Å². The Morgan fingerprint density at radius 1 is 1.00 bits per heavy atom. The topological polar surface area (TPSA) is 18.5 Å².